The highest BCUT2D eigenvalue weighted by atomic mass is 35.5. The number of hydrogen-bond acceptors (Lipinski definition) is 6. The summed E-state index contributed by atoms with van der Waals surface area (Å²) in [6.07, 6.45) is 1.83. The minimum Gasteiger partial charge on any atom is -0.481 e. The molecule has 0 aliphatic heterocycles. The SMILES string of the molecule is COC1(CN(CC(=O)c2c(Cl)cncc2Cl)C(=O)c2cnn([C@H]3CC[C@@H](C(=O)O)CC3)c2C(F)(F)F)CCCC1. The van der Waals surface area contributed by atoms with Crippen LogP contribution in [0, 0.1) is 5.92 Å². The van der Waals surface area contributed by atoms with Crippen molar-refractivity contribution < 1.29 is 37.4 Å². The van der Waals surface area contributed by atoms with Crippen LogP contribution in [0.25, 0.3) is 0 Å². The van der Waals surface area contributed by atoms with Crippen molar-refractivity contribution >= 4 is 40.9 Å². The zero-order valence-corrected chi connectivity index (χ0v) is 23.2. The predicted octanol–water partition coefficient (Wildman–Crippen LogP) is 5.70. The standard InChI is InChI=1S/C26H29Cl2F3N4O5/c1-40-25(8-2-3-9-25)14-34(13-20(36)21-18(27)11-32-12-19(21)28)23(37)17-10-33-35(22(17)26(29,30)31)16-6-4-15(5-7-16)24(38)39/h10-12,15-16H,2-9,13-14H2,1H3,(H,38,39)/t15-,16+. The number of rotatable bonds is 9. The number of methoxy groups -OCH3 is 1. The maximum Gasteiger partial charge on any atom is 0.433 e. The molecule has 2 saturated carbocycles. The zero-order valence-electron chi connectivity index (χ0n) is 21.7. The Bertz CT molecular complexity index is 1250. The van der Waals surface area contributed by atoms with Crippen LogP contribution >= 0.6 is 23.2 Å². The van der Waals surface area contributed by atoms with Gasteiger partial charge in [-0.1, -0.05) is 36.0 Å². The number of aromatic nitrogens is 3. The number of alkyl halides is 3. The van der Waals surface area contributed by atoms with Gasteiger partial charge in [-0.2, -0.15) is 18.3 Å². The lowest BCUT2D eigenvalue weighted by Gasteiger charge is -2.34. The van der Waals surface area contributed by atoms with Gasteiger partial charge in [0, 0.05) is 19.5 Å². The summed E-state index contributed by atoms with van der Waals surface area (Å²) >= 11 is 12.3. The molecule has 2 aliphatic rings. The fraction of sp³-hybridized carbons (Fsp3) is 0.577. The van der Waals surface area contributed by atoms with Crippen molar-refractivity contribution in [3.05, 3.63) is 45.5 Å². The van der Waals surface area contributed by atoms with Gasteiger partial charge in [-0.3, -0.25) is 24.0 Å². The van der Waals surface area contributed by atoms with E-state index in [1.807, 2.05) is 0 Å². The molecule has 2 heterocycles. The number of carbonyl (C=O) groups excluding carboxylic acids is 2. The first-order valence-electron chi connectivity index (χ1n) is 12.9. The Morgan fingerprint density at radius 3 is 2.23 bits per heavy atom. The third-order valence-corrected chi connectivity index (χ3v) is 8.44. The van der Waals surface area contributed by atoms with Gasteiger partial charge in [0.25, 0.3) is 5.91 Å². The second kappa shape index (κ2) is 12.0. The van der Waals surface area contributed by atoms with E-state index in [0.29, 0.717) is 12.8 Å². The average Bonchev–Trinajstić information content (AvgIpc) is 3.56. The molecule has 2 aromatic rings. The molecule has 1 amide bonds. The van der Waals surface area contributed by atoms with Gasteiger partial charge in [0.2, 0.25) is 0 Å². The van der Waals surface area contributed by atoms with Crippen LogP contribution in [0.2, 0.25) is 10.0 Å². The number of ketones is 1. The molecule has 2 aliphatic carbocycles. The van der Waals surface area contributed by atoms with Crippen LogP contribution in [0.5, 0.6) is 0 Å². The minimum absolute atomic E-state index is 0.0482. The number of ether oxygens (including phenoxy) is 1. The number of amides is 1. The molecule has 218 valence electrons. The van der Waals surface area contributed by atoms with Crippen molar-refractivity contribution in [2.24, 2.45) is 5.92 Å². The lowest BCUT2D eigenvalue weighted by molar-refractivity contribution is -0.147. The third kappa shape index (κ3) is 6.28. The number of Topliss-reactive ketones (excluding diaryl/α,β-unsaturated/α-hetero) is 1. The van der Waals surface area contributed by atoms with Crippen LogP contribution in [0.4, 0.5) is 13.2 Å². The summed E-state index contributed by atoms with van der Waals surface area (Å²) in [5.74, 6) is -3.31. The smallest absolute Gasteiger partial charge is 0.433 e. The van der Waals surface area contributed by atoms with Gasteiger partial charge in [-0.05, 0) is 38.5 Å². The molecule has 4 rings (SSSR count). The first-order valence-corrected chi connectivity index (χ1v) is 13.7. The van der Waals surface area contributed by atoms with E-state index in [1.54, 1.807) is 0 Å². The summed E-state index contributed by atoms with van der Waals surface area (Å²) in [5.41, 5.74) is -2.84. The van der Waals surface area contributed by atoms with Crippen LogP contribution in [-0.2, 0) is 15.7 Å². The summed E-state index contributed by atoms with van der Waals surface area (Å²) in [5, 5.41) is 13.1. The molecular weight excluding hydrogens is 576 g/mol. The predicted molar refractivity (Wildman–Crippen MR) is 139 cm³/mol. The van der Waals surface area contributed by atoms with Crippen LogP contribution in [0.3, 0.4) is 0 Å². The maximum atomic E-state index is 14.4. The van der Waals surface area contributed by atoms with Gasteiger partial charge >= 0.3 is 12.1 Å². The van der Waals surface area contributed by atoms with E-state index >= 15 is 0 Å². The molecule has 0 saturated heterocycles. The van der Waals surface area contributed by atoms with Gasteiger partial charge in [0.15, 0.2) is 11.5 Å². The third-order valence-electron chi connectivity index (χ3n) is 7.87. The highest BCUT2D eigenvalue weighted by Crippen LogP contribution is 2.40. The molecule has 0 unspecified atom stereocenters. The first kappa shape index (κ1) is 30.3. The first-order chi connectivity index (χ1) is 18.9. The van der Waals surface area contributed by atoms with Crippen molar-refractivity contribution in [2.75, 3.05) is 20.2 Å². The molecule has 40 heavy (non-hydrogen) atoms. The van der Waals surface area contributed by atoms with Gasteiger partial charge in [-0.15, -0.1) is 0 Å². The molecule has 2 fully saturated rings. The number of halogens is 5. The Hall–Kier alpha value is -2.70. The number of hydrogen-bond donors (Lipinski definition) is 1. The molecule has 9 nitrogen and oxygen atoms in total. The van der Waals surface area contributed by atoms with Crippen LogP contribution < -0.4 is 0 Å². The Balaban J connectivity index is 1.70. The van der Waals surface area contributed by atoms with E-state index in [9.17, 15) is 32.7 Å². The number of carboxylic acids is 1. The van der Waals surface area contributed by atoms with Gasteiger partial charge in [0.05, 0.1) is 58.0 Å². The van der Waals surface area contributed by atoms with E-state index in [4.69, 9.17) is 27.9 Å². The second-order valence-electron chi connectivity index (χ2n) is 10.3. The number of carbonyl (C=O) groups is 3. The number of nitrogens with zero attached hydrogens (tertiary/aromatic N) is 4. The Labute approximate surface area is 238 Å². The van der Waals surface area contributed by atoms with E-state index < -0.39 is 59.2 Å². The molecule has 2 aromatic heterocycles. The fourth-order valence-electron chi connectivity index (χ4n) is 5.74. The van der Waals surface area contributed by atoms with Gasteiger partial charge in [0.1, 0.15) is 0 Å². The highest BCUT2D eigenvalue weighted by molar-refractivity contribution is 6.39. The van der Waals surface area contributed by atoms with Gasteiger partial charge < -0.3 is 14.7 Å². The molecule has 0 atom stereocenters. The fourth-order valence-corrected chi connectivity index (χ4v) is 6.31. The largest absolute Gasteiger partial charge is 0.481 e. The highest BCUT2D eigenvalue weighted by Gasteiger charge is 2.45. The van der Waals surface area contributed by atoms with Crippen molar-refractivity contribution in [3.63, 3.8) is 0 Å². The van der Waals surface area contributed by atoms with E-state index in [0.717, 1.165) is 28.6 Å². The quantitative estimate of drug-likeness (QED) is 0.365. The molecule has 1 N–H and O–H groups in total. The summed E-state index contributed by atoms with van der Waals surface area (Å²) in [6, 6.07) is -0.724. The summed E-state index contributed by atoms with van der Waals surface area (Å²) < 4.78 is 49.8. The van der Waals surface area contributed by atoms with Gasteiger partial charge in [-0.25, -0.2) is 0 Å². The van der Waals surface area contributed by atoms with Crippen molar-refractivity contribution in [1.82, 2.24) is 19.7 Å². The van der Waals surface area contributed by atoms with Crippen molar-refractivity contribution in [2.45, 2.75) is 69.2 Å². The van der Waals surface area contributed by atoms with Crippen LogP contribution in [0.1, 0.15) is 83.8 Å². The zero-order chi connectivity index (χ0) is 29.2. The van der Waals surface area contributed by atoms with Crippen molar-refractivity contribution in [1.29, 1.82) is 0 Å². The topological polar surface area (TPSA) is 115 Å². The number of aliphatic carboxylic acids is 1. The summed E-state index contributed by atoms with van der Waals surface area (Å²) in [4.78, 5) is 43.3. The number of carboxylic acid groups (broad SMARTS) is 1. The normalized spacial score (nSPS) is 20.9. The minimum atomic E-state index is -4.94. The summed E-state index contributed by atoms with van der Waals surface area (Å²) in [7, 11) is 1.47. The van der Waals surface area contributed by atoms with Crippen LogP contribution in [0.15, 0.2) is 18.6 Å². The van der Waals surface area contributed by atoms with E-state index in [1.165, 1.54) is 19.5 Å². The molecule has 0 spiro atoms. The van der Waals surface area contributed by atoms with Crippen molar-refractivity contribution in [3.8, 4) is 0 Å². The molecule has 0 aromatic carbocycles. The second-order valence-corrected chi connectivity index (χ2v) is 11.2. The maximum absolute atomic E-state index is 14.4. The average molecular weight is 605 g/mol. The lowest BCUT2D eigenvalue weighted by atomic mass is 9.86. The number of pyridine rings is 1. The Morgan fingerprint density at radius 2 is 1.70 bits per heavy atom. The Kier molecular flexibility index (Phi) is 9.11. The molecule has 0 radical (unpaired) electrons. The molecule has 14 heteroatoms. The van der Waals surface area contributed by atoms with Crippen LogP contribution in [-0.4, -0.2) is 68.2 Å². The lowest BCUT2D eigenvalue weighted by Crippen LogP contribution is -2.47. The Morgan fingerprint density at radius 1 is 1.10 bits per heavy atom. The monoisotopic (exact) mass is 604 g/mol. The van der Waals surface area contributed by atoms with E-state index in [2.05, 4.69) is 10.1 Å². The summed E-state index contributed by atoms with van der Waals surface area (Å²) in [6.45, 7) is -0.722. The molecular formula is C26H29Cl2F3N4O5. The van der Waals surface area contributed by atoms with E-state index in [-0.39, 0.29) is 47.8 Å². The molecule has 0 bridgehead atoms.